The van der Waals surface area contributed by atoms with E-state index in [1.807, 2.05) is 86.4 Å². The number of nitrogens with one attached hydrogen (secondary N) is 1. The van der Waals surface area contributed by atoms with Crippen molar-refractivity contribution in [1.29, 1.82) is 0 Å². The van der Waals surface area contributed by atoms with Gasteiger partial charge in [0, 0.05) is 22.4 Å². The molecule has 3 aromatic carbocycles. The number of para-hydroxylation sites is 2. The first-order valence-electron chi connectivity index (χ1n) is 12.9. The largest absolute Gasteiger partial charge is 0.497 e. The van der Waals surface area contributed by atoms with E-state index in [1.165, 1.54) is 0 Å². The molecular formula is C32H30N2O4. The first-order valence-corrected chi connectivity index (χ1v) is 12.9. The zero-order valence-electron chi connectivity index (χ0n) is 21.9. The normalized spacial score (nSPS) is 25.0. The molecule has 0 bridgehead atoms. The predicted octanol–water partition coefficient (Wildman–Crippen LogP) is 5.28. The number of fused-ring (bicyclic) bond motifs is 6. The Morgan fingerprint density at radius 1 is 0.947 bits per heavy atom. The number of methoxy groups -OCH3 is 1. The van der Waals surface area contributed by atoms with E-state index in [9.17, 15) is 14.4 Å². The van der Waals surface area contributed by atoms with E-state index in [1.54, 1.807) is 31.4 Å². The summed E-state index contributed by atoms with van der Waals surface area (Å²) in [5, 5.41) is 3.06. The maximum absolute atomic E-state index is 14.6. The number of rotatable bonds is 4. The van der Waals surface area contributed by atoms with Crippen LogP contribution in [0.2, 0.25) is 0 Å². The highest BCUT2D eigenvalue weighted by molar-refractivity contribution is 6.17. The van der Waals surface area contributed by atoms with Crippen LogP contribution in [0.1, 0.15) is 42.3 Å². The molecule has 3 aliphatic rings. The molecule has 0 aromatic heterocycles. The predicted molar refractivity (Wildman–Crippen MR) is 148 cm³/mol. The lowest BCUT2D eigenvalue weighted by molar-refractivity contribution is -0.128. The molecular weight excluding hydrogens is 476 g/mol. The van der Waals surface area contributed by atoms with Gasteiger partial charge in [0.25, 0.3) is 0 Å². The van der Waals surface area contributed by atoms with Crippen LogP contribution in [0.5, 0.6) is 5.75 Å². The standard InChI is InChI=1S/C32H30N2O4/c1-31(2,3)29(36)27-26(28(35)20-13-16-21(38-4)17-14-20)32(22-10-6-7-11-23(22)33-30(32)37)25-18-15-19-9-5-8-12-24(19)34(25)27/h5-18,25-27H,1-4H3,(H,33,37)/t25-,26+,27+,32-/m1/s1. The van der Waals surface area contributed by atoms with Crippen molar-refractivity contribution >= 4 is 34.9 Å². The number of ether oxygens (including phenoxy) is 1. The summed E-state index contributed by atoms with van der Waals surface area (Å²) in [6.07, 6.45) is 4.00. The van der Waals surface area contributed by atoms with E-state index in [0.717, 1.165) is 16.8 Å². The van der Waals surface area contributed by atoms with Gasteiger partial charge in [-0.1, -0.05) is 69.3 Å². The van der Waals surface area contributed by atoms with Crippen LogP contribution >= 0.6 is 0 Å². The van der Waals surface area contributed by atoms with Crippen LogP contribution in [0, 0.1) is 11.3 Å². The van der Waals surface area contributed by atoms with Crippen molar-refractivity contribution in [3.8, 4) is 5.75 Å². The van der Waals surface area contributed by atoms with Gasteiger partial charge in [-0.2, -0.15) is 0 Å². The average molecular weight is 507 g/mol. The highest BCUT2D eigenvalue weighted by Gasteiger charge is 2.70. The molecule has 6 heteroatoms. The number of nitrogens with zero attached hydrogens (tertiary/aromatic N) is 1. The van der Waals surface area contributed by atoms with Gasteiger partial charge in [-0.25, -0.2) is 0 Å². The number of carbonyl (C=O) groups is 3. The molecule has 0 radical (unpaired) electrons. The van der Waals surface area contributed by atoms with E-state index in [0.29, 0.717) is 17.0 Å². The topological polar surface area (TPSA) is 75.7 Å². The van der Waals surface area contributed by atoms with Crippen LogP contribution in [-0.2, 0) is 15.0 Å². The first kappa shape index (κ1) is 24.2. The average Bonchev–Trinajstić information content (AvgIpc) is 3.40. The van der Waals surface area contributed by atoms with Gasteiger partial charge in [0.05, 0.1) is 19.1 Å². The van der Waals surface area contributed by atoms with E-state index >= 15 is 0 Å². The Labute approximate surface area is 222 Å². The summed E-state index contributed by atoms with van der Waals surface area (Å²) in [6.45, 7) is 5.62. The molecule has 3 heterocycles. The quantitative estimate of drug-likeness (QED) is 0.487. The van der Waals surface area contributed by atoms with Crippen molar-refractivity contribution in [2.45, 2.75) is 38.3 Å². The van der Waals surface area contributed by atoms with E-state index in [-0.39, 0.29) is 17.5 Å². The lowest BCUT2D eigenvalue weighted by atomic mass is 9.63. The SMILES string of the molecule is COc1ccc(C(=O)[C@@H]2[C@@H](C(=O)C(C)(C)C)N3c4ccccc4C=C[C@@H]3[C@@]23C(=O)Nc2ccccc23)cc1. The van der Waals surface area contributed by atoms with Crippen molar-refractivity contribution in [1.82, 2.24) is 0 Å². The minimum atomic E-state index is -1.29. The van der Waals surface area contributed by atoms with Gasteiger partial charge < -0.3 is 15.0 Å². The fourth-order valence-corrected chi connectivity index (χ4v) is 6.50. The van der Waals surface area contributed by atoms with Gasteiger partial charge in [-0.3, -0.25) is 14.4 Å². The molecule has 0 saturated carbocycles. The molecule has 6 nitrogen and oxygen atoms in total. The van der Waals surface area contributed by atoms with Crippen molar-refractivity contribution < 1.29 is 19.1 Å². The molecule has 1 N–H and O–H groups in total. The summed E-state index contributed by atoms with van der Waals surface area (Å²) < 4.78 is 5.30. The smallest absolute Gasteiger partial charge is 0.238 e. The lowest BCUT2D eigenvalue weighted by Crippen LogP contribution is -2.51. The molecule has 0 aliphatic carbocycles. The Bertz CT molecular complexity index is 1500. The summed E-state index contributed by atoms with van der Waals surface area (Å²) in [5.74, 6) is -0.889. The van der Waals surface area contributed by atoms with Gasteiger partial charge in [-0.15, -0.1) is 0 Å². The molecule has 1 saturated heterocycles. The molecule has 3 aromatic rings. The van der Waals surface area contributed by atoms with Crippen molar-refractivity contribution in [2.24, 2.45) is 11.3 Å². The Hall–Kier alpha value is -4.19. The van der Waals surface area contributed by atoms with Gasteiger partial charge in [0.2, 0.25) is 5.91 Å². The third kappa shape index (κ3) is 3.22. The van der Waals surface area contributed by atoms with E-state index in [4.69, 9.17) is 4.74 Å². The fraction of sp³-hybridized carbons (Fsp3) is 0.281. The highest BCUT2D eigenvalue weighted by atomic mass is 16.5. The van der Waals surface area contributed by atoms with Crippen molar-refractivity contribution in [3.63, 3.8) is 0 Å². The zero-order chi connectivity index (χ0) is 26.8. The lowest BCUT2D eigenvalue weighted by Gasteiger charge is -2.38. The second-order valence-electron chi connectivity index (χ2n) is 11.3. The molecule has 6 rings (SSSR count). The third-order valence-corrected chi connectivity index (χ3v) is 8.21. The summed E-state index contributed by atoms with van der Waals surface area (Å²) in [7, 11) is 1.57. The Morgan fingerprint density at radius 2 is 1.63 bits per heavy atom. The second-order valence-corrected chi connectivity index (χ2v) is 11.3. The van der Waals surface area contributed by atoms with Gasteiger partial charge in [-0.05, 0) is 47.5 Å². The third-order valence-electron chi connectivity index (χ3n) is 8.21. The van der Waals surface area contributed by atoms with Gasteiger partial charge in [0.1, 0.15) is 17.2 Å². The van der Waals surface area contributed by atoms with Crippen LogP contribution in [-0.4, -0.2) is 36.7 Å². The molecule has 38 heavy (non-hydrogen) atoms. The summed E-state index contributed by atoms with van der Waals surface area (Å²) in [4.78, 5) is 45.3. The number of benzene rings is 3. The summed E-state index contributed by atoms with van der Waals surface area (Å²) in [6, 6.07) is 20.9. The van der Waals surface area contributed by atoms with Gasteiger partial charge in [0.15, 0.2) is 11.6 Å². The number of ketones is 2. The summed E-state index contributed by atoms with van der Waals surface area (Å²) in [5.41, 5.74) is 1.64. The van der Waals surface area contributed by atoms with E-state index in [2.05, 4.69) is 5.32 Å². The number of carbonyl (C=O) groups excluding carboxylic acids is 3. The minimum absolute atomic E-state index is 0.0754. The molecule has 4 atom stereocenters. The molecule has 1 fully saturated rings. The molecule has 3 aliphatic heterocycles. The monoisotopic (exact) mass is 506 g/mol. The Balaban J connectivity index is 1.66. The number of amides is 1. The number of Topliss-reactive ketones (excluding diaryl/α,β-unsaturated/α-hetero) is 2. The molecule has 1 spiro atoms. The number of anilines is 2. The van der Waals surface area contributed by atoms with E-state index < -0.39 is 28.8 Å². The first-order chi connectivity index (χ1) is 18.2. The number of hydrogen-bond acceptors (Lipinski definition) is 5. The Morgan fingerprint density at radius 3 is 2.34 bits per heavy atom. The van der Waals surface area contributed by atoms with Crippen LogP contribution in [0.4, 0.5) is 11.4 Å². The second kappa shape index (κ2) is 8.42. The summed E-state index contributed by atoms with van der Waals surface area (Å²) >= 11 is 0. The molecule has 0 unspecified atom stereocenters. The Kier molecular flexibility index (Phi) is 5.35. The van der Waals surface area contributed by atoms with Crippen LogP contribution < -0.4 is 15.0 Å². The zero-order valence-corrected chi connectivity index (χ0v) is 21.9. The highest BCUT2D eigenvalue weighted by Crippen LogP contribution is 2.58. The van der Waals surface area contributed by atoms with Crippen LogP contribution in [0.15, 0.2) is 78.9 Å². The van der Waals surface area contributed by atoms with Gasteiger partial charge >= 0.3 is 0 Å². The molecule has 192 valence electrons. The maximum Gasteiger partial charge on any atom is 0.238 e. The van der Waals surface area contributed by atoms with Crippen molar-refractivity contribution in [3.05, 3.63) is 95.6 Å². The van der Waals surface area contributed by atoms with Crippen molar-refractivity contribution in [2.75, 3.05) is 17.3 Å². The van der Waals surface area contributed by atoms with Crippen LogP contribution in [0.3, 0.4) is 0 Å². The number of hydrogen-bond donors (Lipinski definition) is 1. The fourth-order valence-electron chi connectivity index (χ4n) is 6.50. The van der Waals surface area contributed by atoms with Crippen LogP contribution in [0.25, 0.3) is 6.08 Å². The maximum atomic E-state index is 14.6. The molecule has 1 amide bonds. The minimum Gasteiger partial charge on any atom is -0.497 e.